The van der Waals surface area contributed by atoms with E-state index in [0.717, 1.165) is 20.5 Å². The quantitative estimate of drug-likeness (QED) is 0.133. The number of halogens is 2. The van der Waals surface area contributed by atoms with Gasteiger partial charge in [-0.25, -0.2) is 0 Å². The Labute approximate surface area is 541 Å². The minimum Gasteiger partial charge on any atom is -0.387 e. The van der Waals surface area contributed by atoms with Gasteiger partial charge in [-0.15, -0.1) is 0 Å². The zero-order chi connectivity index (χ0) is 61.4. The molecule has 5 heteroatoms. The topological polar surface area (TPSA) is 40.5 Å². The molecule has 90 heavy (non-hydrogen) atoms. The first kappa shape index (κ1) is 60.9. The fourth-order valence-electron chi connectivity index (χ4n) is 12.2. The maximum absolute atomic E-state index is 9.10. The largest absolute Gasteiger partial charge is 0.387 e. The van der Waals surface area contributed by atoms with Crippen molar-refractivity contribution in [3.05, 3.63) is 307 Å². The number of rotatable bonds is 5. The number of hydrogen-bond donors (Lipinski definition) is 2. The Hall–Kier alpha value is -9.39. The third-order valence-electron chi connectivity index (χ3n) is 17.5. The van der Waals surface area contributed by atoms with E-state index >= 15 is 0 Å². The molecule has 0 amide bonds. The lowest BCUT2D eigenvalue weighted by Crippen LogP contribution is -2.44. The molecule has 0 spiro atoms. The summed E-state index contributed by atoms with van der Waals surface area (Å²) in [6.45, 7) is 6.31. The molecule has 0 fully saturated rings. The van der Waals surface area contributed by atoms with E-state index in [1.54, 1.807) is 27.7 Å². The molecule has 0 saturated carbocycles. The highest BCUT2D eigenvalue weighted by molar-refractivity contribution is 9.10. The van der Waals surface area contributed by atoms with Crippen LogP contribution in [0.4, 0.5) is 0 Å². The Morgan fingerprint density at radius 1 is 0.256 bits per heavy atom. The molecule has 0 saturated heterocycles. The average molecular weight is 1250 g/mol. The molecule has 0 heterocycles. The van der Waals surface area contributed by atoms with Gasteiger partial charge in [-0.3, -0.25) is 0 Å². The summed E-state index contributed by atoms with van der Waals surface area (Å²) in [5, 5.41) is 42.2. The third-order valence-corrected chi connectivity index (χ3v) is 18.2. The average Bonchev–Trinajstić information content (AvgIpc) is 0.771. The maximum atomic E-state index is 9.10. The summed E-state index contributed by atoms with van der Waals surface area (Å²) in [6.07, 6.45) is 0. The van der Waals surface area contributed by atoms with Crippen molar-refractivity contribution in [3.8, 4) is 44.5 Å². The van der Waals surface area contributed by atoms with Gasteiger partial charge in [0.2, 0.25) is 0 Å². The normalized spacial score (nSPS) is 11.5. The molecule has 436 valence electrons. The van der Waals surface area contributed by atoms with Crippen LogP contribution in [-0.4, -0.2) is 29.3 Å². The first-order chi connectivity index (χ1) is 43.1. The van der Waals surface area contributed by atoms with Gasteiger partial charge < -0.3 is 10.2 Å². The molecule has 0 aromatic heterocycles. The van der Waals surface area contributed by atoms with E-state index in [-0.39, 0.29) is 7.43 Å². The lowest BCUT2D eigenvalue weighted by Gasteiger charge is -2.31. The molecule has 16 rings (SSSR count). The van der Waals surface area contributed by atoms with Crippen LogP contribution in [0.1, 0.15) is 35.1 Å². The number of benzene rings is 16. The molecule has 0 aliphatic heterocycles. The standard InChI is InChI=1S/C48H30.C18H11B.C12H8BrCl.C6H14O2.CH4/c1-3-19-41-37(15-1)39-17-5-7-21-43(39)47-29-35(23-25-45(41)47)33-13-9-11-31(27-33)32-12-10-14-34(28-32)36-24-26-46-42-20-4-2-16-38(42)40-18-6-8-22-44(40)48(46)30-36;19-12-9-10-17-15-7-2-1-5-13(15)14-6-3-4-8-16(14)18(17)11-12;13-11-5-1-3-9(7-11)10-4-2-6-12(14)8-10;1-5(2,7)6(3,4)8;/h1-30H;1-11H;1-8H;7-8H,1-4H3;1H4. The molecule has 0 atom stereocenters. The highest BCUT2D eigenvalue weighted by atomic mass is 79.9. The van der Waals surface area contributed by atoms with Crippen LogP contribution in [0.25, 0.3) is 141 Å². The minimum atomic E-state index is -1.01. The smallest absolute Gasteiger partial charge is 0.113 e. The van der Waals surface area contributed by atoms with Gasteiger partial charge in [-0.05, 0) is 218 Å². The van der Waals surface area contributed by atoms with Gasteiger partial charge in [0.15, 0.2) is 0 Å². The summed E-state index contributed by atoms with van der Waals surface area (Å²) in [5.74, 6) is 0. The Balaban J connectivity index is 0.000000151. The fraction of sp³-hybridized carbons (Fsp3) is 0.0824. The summed E-state index contributed by atoms with van der Waals surface area (Å²) >= 11 is 9.37. The van der Waals surface area contributed by atoms with Crippen molar-refractivity contribution < 1.29 is 10.2 Å². The van der Waals surface area contributed by atoms with Gasteiger partial charge in [-0.1, -0.05) is 289 Å². The number of aliphatic hydroxyl groups is 2. The molecule has 2 radical (unpaired) electrons. The fourth-order valence-corrected chi connectivity index (χ4v) is 12.8. The van der Waals surface area contributed by atoms with Crippen molar-refractivity contribution in [2.75, 3.05) is 0 Å². The summed E-state index contributed by atoms with van der Waals surface area (Å²) in [4.78, 5) is 0. The Kier molecular flexibility index (Phi) is 17.3. The lowest BCUT2D eigenvalue weighted by molar-refractivity contribution is -0.107. The molecule has 16 aromatic carbocycles. The molecule has 0 unspecified atom stereocenters. The van der Waals surface area contributed by atoms with Crippen molar-refractivity contribution in [1.29, 1.82) is 0 Å². The highest BCUT2D eigenvalue weighted by Gasteiger charge is 2.32. The van der Waals surface area contributed by atoms with Crippen LogP contribution in [0, 0.1) is 0 Å². The van der Waals surface area contributed by atoms with Crippen LogP contribution < -0.4 is 5.46 Å². The zero-order valence-electron chi connectivity index (χ0n) is 50.0. The zero-order valence-corrected chi connectivity index (χ0v) is 52.4. The van der Waals surface area contributed by atoms with Gasteiger partial charge in [0.05, 0.1) is 11.2 Å². The second-order valence-corrected chi connectivity index (χ2v) is 25.3. The van der Waals surface area contributed by atoms with Crippen LogP contribution in [0.15, 0.2) is 302 Å². The highest BCUT2D eigenvalue weighted by Crippen LogP contribution is 2.41. The van der Waals surface area contributed by atoms with Crippen LogP contribution in [0.5, 0.6) is 0 Å². The van der Waals surface area contributed by atoms with Crippen molar-refractivity contribution in [3.63, 3.8) is 0 Å². The third kappa shape index (κ3) is 12.3. The molecule has 0 aliphatic rings. The Morgan fingerprint density at radius 3 is 0.789 bits per heavy atom. The van der Waals surface area contributed by atoms with Crippen molar-refractivity contribution >= 4 is 138 Å². The predicted octanol–water partition coefficient (Wildman–Crippen LogP) is 23.5. The van der Waals surface area contributed by atoms with Crippen LogP contribution in [0.2, 0.25) is 5.02 Å². The van der Waals surface area contributed by atoms with Crippen LogP contribution >= 0.6 is 27.5 Å². The number of fused-ring (bicyclic) bond motifs is 18. The van der Waals surface area contributed by atoms with E-state index in [1.165, 1.54) is 136 Å². The van der Waals surface area contributed by atoms with E-state index in [1.807, 2.05) is 42.5 Å². The first-order valence-corrected chi connectivity index (χ1v) is 31.2. The molecule has 16 aromatic rings. The molecule has 2 nitrogen and oxygen atoms in total. The molecule has 0 bridgehead atoms. The van der Waals surface area contributed by atoms with E-state index in [0.29, 0.717) is 0 Å². The van der Waals surface area contributed by atoms with Crippen molar-refractivity contribution in [2.24, 2.45) is 0 Å². The van der Waals surface area contributed by atoms with Gasteiger partial charge >= 0.3 is 0 Å². The van der Waals surface area contributed by atoms with Crippen molar-refractivity contribution in [1.82, 2.24) is 0 Å². The summed E-state index contributed by atoms with van der Waals surface area (Å²) in [6, 6.07) is 106. The number of hydrogen-bond acceptors (Lipinski definition) is 2. The van der Waals surface area contributed by atoms with Crippen LogP contribution in [-0.2, 0) is 0 Å². The Bertz CT molecular complexity index is 4990. The molecular weight excluding hydrogens is 1180 g/mol. The minimum absolute atomic E-state index is 0. The monoisotopic (exact) mass is 1240 g/mol. The van der Waals surface area contributed by atoms with E-state index in [4.69, 9.17) is 29.7 Å². The molecule has 2 N–H and O–H groups in total. The van der Waals surface area contributed by atoms with E-state index in [9.17, 15) is 0 Å². The Morgan fingerprint density at radius 2 is 0.489 bits per heavy atom. The summed E-state index contributed by atoms with van der Waals surface area (Å²) in [7, 11) is 5.96. The van der Waals surface area contributed by atoms with Gasteiger partial charge in [-0.2, -0.15) is 0 Å². The second kappa shape index (κ2) is 25.6. The summed E-state index contributed by atoms with van der Waals surface area (Å²) in [5.41, 5.74) is 8.45. The van der Waals surface area contributed by atoms with Gasteiger partial charge in [0.25, 0.3) is 0 Å². The lowest BCUT2D eigenvalue weighted by atomic mass is 9.89. The van der Waals surface area contributed by atoms with Crippen LogP contribution in [0.3, 0.4) is 0 Å². The predicted molar refractivity (Wildman–Crippen MR) is 396 cm³/mol. The molecule has 0 aliphatic carbocycles. The first-order valence-electron chi connectivity index (χ1n) is 30.1. The maximum Gasteiger partial charge on any atom is 0.113 e. The van der Waals surface area contributed by atoms with E-state index < -0.39 is 11.2 Å². The SMILES string of the molecule is C.CC(C)(O)C(C)(C)O.Clc1cccc(-c2cccc(Br)c2)c1.[B]c1ccc2c3ccccc3c3ccccc3c2c1.c1cc(-c2cccc(-c3ccc4c5ccccc5c5ccccc5c4c3)c2)cc(-c2ccc3c4ccccc4c4ccccc4c3c2)c1. The van der Waals surface area contributed by atoms with Gasteiger partial charge in [0.1, 0.15) is 7.85 Å². The van der Waals surface area contributed by atoms with Crippen molar-refractivity contribution in [2.45, 2.75) is 46.3 Å². The summed E-state index contributed by atoms with van der Waals surface area (Å²) < 4.78 is 1.08. The second-order valence-electron chi connectivity index (χ2n) is 23.9. The van der Waals surface area contributed by atoms with Gasteiger partial charge in [0, 0.05) is 9.50 Å². The van der Waals surface area contributed by atoms with E-state index in [2.05, 4.69) is 271 Å². The molecular formula is C85H67BBrClO2.